The summed E-state index contributed by atoms with van der Waals surface area (Å²) in [6, 6.07) is 12.9. The number of hydrogen-bond donors (Lipinski definition) is 1. The molecule has 0 saturated carbocycles. The summed E-state index contributed by atoms with van der Waals surface area (Å²) in [5.41, 5.74) is 2.05. The SMILES string of the molecule is CCC(C(=O)Nc1ccc(C)cc1)N(c1cccc(Cl)c1)S(C)(=O)=O. The summed E-state index contributed by atoms with van der Waals surface area (Å²) >= 11 is 5.99. The van der Waals surface area contributed by atoms with Crippen molar-refractivity contribution < 1.29 is 13.2 Å². The molecule has 1 atom stereocenters. The Labute approximate surface area is 153 Å². The van der Waals surface area contributed by atoms with Crippen molar-refractivity contribution in [2.24, 2.45) is 0 Å². The van der Waals surface area contributed by atoms with Gasteiger partial charge in [-0.1, -0.05) is 42.3 Å². The largest absolute Gasteiger partial charge is 0.324 e. The Morgan fingerprint density at radius 1 is 1.20 bits per heavy atom. The highest BCUT2D eigenvalue weighted by Crippen LogP contribution is 2.26. The number of carbonyl (C=O) groups is 1. The second-order valence-electron chi connectivity index (χ2n) is 5.82. The van der Waals surface area contributed by atoms with E-state index in [1.807, 2.05) is 19.1 Å². The molecule has 25 heavy (non-hydrogen) atoms. The third-order valence-electron chi connectivity index (χ3n) is 3.71. The lowest BCUT2D eigenvalue weighted by atomic mass is 10.1. The maximum absolute atomic E-state index is 12.7. The van der Waals surface area contributed by atoms with E-state index in [1.165, 1.54) is 6.07 Å². The predicted octanol–water partition coefficient (Wildman–Crippen LogP) is 3.83. The van der Waals surface area contributed by atoms with Gasteiger partial charge < -0.3 is 5.32 Å². The van der Waals surface area contributed by atoms with Gasteiger partial charge in [-0.15, -0.1) is 0 Å². The molecule has 0 radical (unpaired) electrons. The Balaban J connectivity index is 2.36. The van der Waals surface area contributed by atoms with Gasteiger partial charge in [-0.2, -0.15) is 0 Å². The highest BCUT2D eigenvalue weighted by molar-refractivity contribution is 7.92. The molecule has 0 bridgehead atoms. The van der Waals surface area contributed by atoms with Crippen LogP contribution in [0.3, 0.4) is 0 Å². The van der Waals surface area contributed by atoms with Crippen molar-refractivity contribution in [2.45, 2.75) is 26.3 Å². The number of aryl methyl sites for hydroxylation is 1. The Hall–Kier alpha value is -2.05. The lowest BCUT2D eigenvalue weighted by molar-refractivity contribution is -0.117. The Bertz CT molecular complexity index is 851. The number of hydrogen-bond acceptors (Lipinski definition) is 3. The fraction of sp³-hybridized carbons (Fsp3) is 0.278. The summed E-state index contributed by atoms with van der Waals surface area (Å²) in [6.45, 7) is 3.72. The molecule has 2 aromatic rings. The number of nitrogens with one attached hydrogen (secondary N) is 1. The van der Waals surface area contributed by atoms with Gasteiger partial charge in [0.1, 0.15) is 6.04 Å². The van der Waals surface area contributed by atoms with Gasteiger partial charge in [-0.3, -0.25) is 9.10 Å². The average Bonchev–Trinajstić information content (AvgIpc) is 2.53. The molecular formula is C18H21ClN2O3S. The van der Waals surface area contributed by atoms with E-state index in [1.54, 1.807) is 37.3 Å². The van der Waals surface area contributed by atoms with Crippen LogP contribution < -0.4 is 9.62 Å². The topological polar surface area (TPSA) is 66.5 Å². The first-order valence-corrected chi connectivity index (χ1v) is 10.1. The van der Waals surface area contributed by atoms with Crippen molar-refractivity contribution in [2.75, 3.05) is 15.9 Å². The van der Waals surface area contributed by atoms with Gasteiger partial charge in [-0.25, -0.2) is 8.42 Å². The number of amides is 1. The first-order valence-electron chi connectivity index (χ1n) is 7.85. The molecule has 5 nitrogen and oxygen atoms in total. The van der Waals surface area contributed by atoms with Gasteiger partial charge in [0.05, 0.1) is 11.9 Å². The smallest absolute Gasteiger partial charge is 0.248 e. The molecule has 7 heteroatoms. The number of nitrogens with zero attached hydrogens (tertiary/aromatic N) is 1. The van der Waals surface area contributed by atoms with Gasteiger partial charge in [0.25, 0.3) is 0 Å². The van der Waals surface area contributed by atoms with E-state index >= 15 is 0 Å². The molecule has 0 aliphatic rings. The first-order chi connectivity index (χ1) is 11.7. The molecular weight excluding hydrogens is 360 g/mol. The average molecular weight is 381 g/mol. The number of carbonyl (C=O) groups excluding carboxylic acids is 1. The monoisotopic (exact) mass is 380 g/mol. The van der Waals surface area contributed by atoms with E-state index in [0.717, 1.165) is 16.1 Å². The second-order valence-corrected chi connectivity index (χ2v) is 8.11. The molecule has 0 aromatic heterocycles. The molecule has 0 spiro atoms. The van der Waals surface area contributed by atoms with Crippen LogP contribution in [0.25, 0.3) is 0 Å². The van der Waals surface area contributed by atoms with Crippen molar-refractivity contribution in [1.82, 2.24) is 0 Å². The number of rotatable bonds is 6. The second kappa shape index (κ2) is 7.89. The van der Waals surface area contributed by atoms with Gasteiger partial charge >= 0.3 is 0 Å². The lowest BCUT2D eigenvalue weighted by Crippen LogP contribution is -2.47. The summed E-state index contributed by atoms with van der Waals surface area (Å²) < 4.78 is 25.8. The van der Waals surface area contributed by atoms with Crippen LogP contribution in [-0.4, -0.2) is 26.6 Å². The van der Waals surface area contributed by atoms with Crippen molar-refractivity contribution in [3.63, 3.8) is 0 Å². The summed E-state index contributed by atoms with van der Waals surface area (Å²) in [5, 5.41) is 3.18. The summed E-state index contributed by atoms with van der Waals surface area (Å²) in [6.07, 6.45) is 1.40. The van der Waals surface area contributed by atoms with E-state index < -0.39 is 22.0 Å². The van der Waals surface area contributed by atoms with E-state index in [0.29, 0.717) is 22.8 Å². The lowest BCUT2D eigenvalue weighted by Gasteiger charge is -2.30. The molecule has 134 valence electrons. The van der Waals surface area contributed by atoms with Crippen molar-refractivity contribution in [3.8, 4) is 0 Å². The molecule has 2 rings (SSSR count). The molecule has 0 aliphatic heterocycles. The summed E-state index contributed by atoms with van der Waals surface area (Å²) in [4.78, 5) is 12.7. The Kier molecular flexibility index (Phi) is 6.08. The van der Waals surface area contributed by atoms with E-state index in [2.05, 4.69) is 5.32 Å². The van der Waals surface area contributed by atoms with Crippen LogP contribution in [-0.2, 0) is 14.8 Å². The minimum Gasteiger partial charge on any atom is -0.324 e. The summed E-state index contributed by atoms with van der Waals surface area (Å²) in [7, 11) is -3.68. The minimum absolute atomic E-state index is 0.317. The molecule has 1 unspecified atom stereocenters. The molecule has 2 aromatic carbocycles. The van der Waals surface area contributed by atoms with Crippen LogP contribution >= 0.6 is 11.6 Å². The normalized spacial score (nSPS) is 12.5. The minimum atomic E-state index is -3.68. The van der Waals surface area contributed by atoms with Crippen LogP contribution in [0.5, 0.6) is 0 Å². The van der Waals surface area contributed by atoms with Crippen molar-refractivity contribution in [1.29, 1.82) is 0 Å². The quantitative estimate of drug-likeness (QED) is 0.828. The molecule has 1 N–H and O–H groups in total. The van der Waals surface area contributed by atoms with Gasteiger partial charge in [0.15, 0.2) is 0 Å². The zero-order valence-corrected chi connectivity index (χ0v) is 15.9. The highest BCUT2D eigenvalue weighted by atomic mass is 35.5. The van der Waals surface area contributed by atoms with Crippen LogP contribution in [0.1, 0.15) is 18.9 Å². The molecule has 0 heterocycles. The molecule has 0 aliphatic carbocycles. The standard InChI is InChI=1S/C18H21ClN2O3S/c1-4-17(18(22)20-15-10-8-13(2)9-11-15)21(25(3,23)24)16-7-5-6-14(19)12-16/h5-12,17H,4H2,1-3H3,(H,20,22). The predicted molar refractivity (Wildman–Crippen MR) is 103 cm³/mol. The van der Waals surface area contributed by atoms with E-state index in [9.17, 15) is 13.2 Å². The Morgan fingerprint density at radius 3 is 2.36 bits per heavy atom. The van der Waals surface area contributed by atoms with Crippen molar-refractivity contribution >= 4 is 38.9 Å². The number of benzene rings is 2. The molecule has 0 saturated heterocycles. The molecule has 1 amide bonds. The number of halogens is 1. The zero-order chi connectivity index (χ0) is 18.6. The van der Waals surface area contributed by atoms with E-state index in [4.69, 9.17) is 11.6 Å². The Morgan fingerprint density at radius 2 is 1.84 bits per heavy atom. The van der Waals surface area contributed by atoms with Crippen LogP contribution in [0.15, 0.2) is 48.5 Å². The fourth-order valence-electron chi connectivity index (χ4n) is 2.54. The van der Waals surface area contributed by atoms with Crippen LogP contribution in [0.2, 0.25) is 5.02 Å². The maximum Gasteiger partial charge on any atom is 0.248 e. The molecule has 0 fully saturated rings. The third kappa shape index (κ3) is 4.96. The van der Waals surface area contributed by atoms with E-state index in [-0.39, 0.29) is 0 Å². The third-order valence-corrected chi connectivity index (χ3v) is 5.13. The summed E-state index contributed by atoms with van der Waals surface area (Å²) in [5.74, 6) is -0.392. The zero-order valence-electron chi connectivity index (χ0n) is 14.4. The maximum atomic E-state index is 12.7. The first kappa shape index (κ1) is 19.3. The fourth-order valence-corrected chi connectivity index (χ4v) is 3.92. The van der Waals surface area contributed by atoms with Gasteiger partial charge in [-0.05, 0) is 43.7 Å². The van der Waals surface area contributed by atoms with Gasteiger partial charge in [0.2, 0.25) is 15.9 Å². The van der Waals surface area contributed by atoms with Crippen molar-refractivity contribution in [3.05, 3.63) is 59.1 Å². The number of sulfonamides is 1. The van der Waals surface area contributed by atoms with Gasteiger partial charge in [0, 0.05) is 10.7 Å². The van der Waals surface area contributed by atoms with Crippen LogP contribution in [0, 0.1) is 6.92 Å². The highest BCUT2D eigenvalue weighted by Gasteiger charge is 2.31. The number of anilines is 2. The van der Waals surface area contributed by atoms with Crippen LogP contribution in [0.4, 0.5) is 11.4 Å².